The van der Waals surface area contributed by atoms with Crippen LogP contribution in [0.4, 0.5) is 13.2 Å². The van der Waals surface area contributed by atoms with Crippen molar-refractivity contribution in [1.29, 1.82) is 0 Å². The topological polar surface area (TPSA) is 17.1 Å². The van der Waals surface area contributed by atoms with Crippen molar-refractivity contribution in [2.45, 2.75) is 36.2 Å². The molecule has 2 heterocycles. The van der Waals surface area contributed by atoms with E-state index >= 15 is 0 Å². The van der Waals surface area contributed by atoms with Gasteiger partial charge in [0.2, 0.25) is 0 Å². The zero-order valence-electron chi connectivity index (χ0n) is 10.2. The summed E-state index contributed by atoms with van der Waals surface area (Å²) < 4.78 is 39.2. The molecular weight excluding hydrogens is 273 g/mol. The second-order valence-corrected chi connectivity index (χ2v) is 6.85. The van der Waals surface area contributed by atoms with E-state index in [1.807, 2.05) is 11.8 Å². The first kappa shape index (κ1) is 13.0. The number of Topliss-reactive ketones (excluding diaryl/α,β-unsaturated/α-hetero) is 1. The standard InChI is InChI=1S/C14H13F3OS/c15-11-5-8(6-12(16)13(11)17)14(18)7-3-9-1-2-10(4-7)19-9/h5-7,9-10H,1-4H2. The first-order valence-electron chi connectivity index (χ1n) is 6.39. The molecule has 5 heteroatoms. The van der Waals surface area contributed by atoms with Crippen molar-refractivity contribution in [3.8, 4) is 0 Å². The molecule has 3 rings (SSSR count). The fourth-order valence-electron chi connectivity index (χ4n) is 3.01. The van der Waals surface area contributed by atoms with E-state index in [4.69, 9.17) is 0 Å². The van der Waals surface area contributed by atoms with Crippen molar-refractivity contribution < 1.29 is 18.0 Å². The molecule has 2 atom stereocenters. The molecule has 2 bridgehead atoms. The van der Waals surface area contributed by atoms with Gasteiger partial charge in [0.25, 0.3) is 0 Å². The minimum atomic E-state index is -1.52. The highest BCUT2D eigenvalue weighted by molar-refractivity contribution is 8.00. The van der Waals surface area contributed by atoms with Crippen molar-refractivity contribution in [2.24, 2.45) is 5.92 Å². The van der Waals surface area contributed by atoms with Crippen molar-refractivity contribution in [3.05, 3.63) is 35.1 Å². The molecule has 0 N–H and O–H groups in total. The Kier molecular flexibility index (Phi) is 3.33. The van der Waals surface area contributed by atoms with Crippen molar-refractivity contribution >= 4 is 17.5 Å². The number of thioether (sulfide) groups is 1. The Labute approximate surface area is 113 Å². The van der Waals surface area contributed by atoms with Crippen LogP contribution >= 0.6 is 11.8 Å². The lowest BCUT2D eigenvalue weighted by Crippen LogP contribution is -2.25. The van der Waals surface area contributed by atoms with Gasteiger partial charge in [0.05, 0.1) is 0 Å². The van der Waals surface area contributed by atoms with E-state index < -0.39 is 17.5 Å². The molecule has 0 saturated carbocycles. The second kappa shape index (κ2) is 4.85. The summed E-state index contributed by atoms with van der Waals surface area (Å²) in [5.41, 5.74) is -0.0484. The predicted molar refractivity (Wildman–Crippen MR) is 67.8 cm³/mol. The monoisotopic (exact) mass is 286 g/mol. The quantitative estimate of drug-likeness (QED) is 0.604. The molecule has 2 fully saturated rings. The Morgan fingerprint density at radius 2 is 1.58 bits per heavy atom. The van der Waals surface area contributed by atoms with Crippen LogP contribution in [-0.2, 0) is 0 Å². The smallest absolute Gasteiger partial charge is 0.194 e. The molecule has 0 aromatic heterocycles. The van der Waals surface area contributed by atoms with E-state index in [1.54, 1.807) is 0 Å². The molecule has 2 unspecified atom stereocenters. The number of ketones is 1. The lowest BCUT2D eigenvalue weighted by molar-refractivity contribution is 0.0905. The van der Waals surface area contributed by atoms with Gasteiger partial charge >= 0.3 is 0 Å². The molecule has 0 radical (unpaired) electrons. The third kappa shape index (κ3) is 2.40. The summed E-state index contributed by atoms with van der Waals surface area (Å²) in [6.07, 6.45) is 3.76. The average Bonchev–Trinajstić information content (AvgIpc) is 2.73. The van der Waals surface area contributed by atoms with Gasteiger partial charge in [-0.2, -0.15) is 11.8 Å². The number of hydrogen-bond acceptors (Lipinski definition) is 2. The molecule has 1 nitrogen and oxygen atoms in total. The molecule has 1 aromatic carbocycles. The molecule has 0 aliphatic carbocycles. The maximum Gasteiger partial charge on any atom is 0.194 e. The summed E-state index contributed by atoms with van der Waals surface area (Å²) in [7, 11) is 0. The molecule has 102 valence electrons. The summed E-state index contributed by atoms with van der Waals surface area (Å²) in [4.78, 5) is 12.3. The number of carbonyl (C=O) groups is 1. The Bertz CT molecular complexity index is 496. The van der Waals surface area contributed by atoms with Crippen LogP contribution in [0.1, 0.15) is 36.0 Å². The fourth-order valence-corrected chi connectivity index (χ4v) is 4.78. The van der Waals surface area contributed by atoms with Gasteiger partial charge in [0.1, 0.15) is 0 Å². The zero-order valence-corrected chi connectivity index (χ0v) is 11.0. The predicted octanol–water partition coefficient (Wildman–Crippen LogP) is 3.96. The lowest BCUT2D eigenvalue weighted by atomic mass is 9.90. The van der Waals surface area contributed by atoms with Crippen molar-refractivity contribution in [2.75, 3.05) is 0 Å². The van der Waals surface area contributed by atoms with Gasteiger partial charge in [-0.3, -0.25) is 4.79 Å². The highest BCUT2D eigenvalue weighted by Crippen LogP contribution is 2.46. The second-order valence-electron chi connectivity index (χ2n) is 5.24. The molecular formula is C14H13F3OS. The van der Waals surface area contributed by atoms with Crippen LogP contribution in [0.15, 0.2) is 12.1 Å². The molecule has 1 aromatic rings. The molecule has 2 saturated heterocycles. The summed E-state index contributed by atoms with van der Waals surface area (Å²) in [6, 6.07) is 1.62. The van der Waals surface area contributed by atoms with Crippen molar-refractivity contribution in [3.63, 3.8) is 0 Å². The highest BCUT2D eigenvalue weighted by Gasteiger charge is 2.38. The Morgan fingerprint density at radius 1 is 1.05 bits per heavy atom. The highest BCUT2D eigenvalue weighted by atomic mass is 32.2. The first-order chi connectivity index (χ1) is 9.04. The Morgan fingerprint density at radius 3 is 2.11 bits per heavy atom. The van der Waals surface area contributed by atoms with Crippen LogP contribution in [0.2, 0.25) is 0 Å². The van der Waals surface area contributed by atoms with Crippen LogP contribution in [0.5, 0.6) is 0 Å². The van der Waals surface area contributed by atoms with Gasteiger partial charge in [-0.25, -0.2) is 13.2 Å². The van der Waals surface area contributed by atoms with E-state index in [-0.39, 0.29) is 17.3 Å². The van der Waals surface area contributed by atoms with Gasteiger partial charge in [-0.1, -0.05) is 0 Å². The number of rotatable bonds is 2. The van der Waals surface area contributed by atoms with E-state index in [9.17, 15) is 18.0 Å². The number of carbonyl (C=O) groups excluding carboxylic acids is 1. The summed E-state index contributed by atoms with van der Waals surface area (Å²) in [6.45, 7) is 0. The zero-order chi connectivity index (χ0) is 13.6. The van der Waals surface area contributed by atoms with Crippen LogP contribution in [0, 0.1) is 23.4 Å². The first-order valence-corrected chi connectivity index (χ1v) is 7.33. The minimum Gasteiger partial charge on any atom is -0.294 e. The van der Waals surface area contributed by atoms with E-state index in [1.165, 1.54) is 0 Å². The van der Waals surface area contributed by atoms with Gasteiger partial charge in [-0.05, 0) is 37.8 Å². The molecule has 0 amide bonds. The van der Waals surface area contributed by atoms with Gasteiger partial charge in [0, 0.05) is 22.0 Å². The minimum absolute atomic E-state index is 0.0484. The Balaban J connectivity index is 1.84. The van der Waals surface area contributed by atoms with Crippen LogP contribution < -0.4 is 0 Å². The van der Waals surface area contributed by atoms with Crippen LogP contribution in [0.3, 0.4) is 0 Å². The van der Waals surface area contributed by atoms with Crippen LogP contribution in [0.25, 0.3) is 0 Å². The molecule has 0 spiro atoms. The van der Waals surface area contributed by atoms with Gasteiger partial charge in [0.15, 0.2) is 23.2 Å². The molecule has 19 heavy (non-hydrogen) atoms. The number of halogens is 3. The average molecular weight is 286 g/mol. The number of benzene rings is 1. The van der Waals surface area contributed by atoms with Gasteiger partial charge in [-0.15, -0.1) is 0 Å². The van der Waals surface area contributed by atoms with Crippen molar-refractivity contribution in [1.82, 2.24) is 0 Å². The maximum atomic E-state index is 13.2. The molecule has 2 aliphatic heterocycles. The summed E-state index contributed by atoms with van der Waals surface area (Å²) in [5.74, 6) is -4.54. The largest absolute Gasteiger partial charge is 0.294 e. The SMILES string of the molecule is O=C(c1cc(F)c(F)c(F)c1)C1CC2CCC(C1)S2. The lowest BCUT2D eigenvalue weighted by Gasteiger charge is -2.26. The van der Waals surface area contributed by atoms with E-state index in [0.29, 0.717) is 10.5 Å². The van der Waals surface area contributed by atoms with Gasteiger partial charge < -0.3 is 0 Å². The normalized spacial score (nSPS) is 29.5. The van der Waals surface area contributed by atoms with E-state index in [0.717, 1.165) is 37.8 Å². The molecule has 2 aliphatic rings. The Hall–Kier alpha value is -0.970. The van der Waals surface area contributed by atoms with E-state index in [2.05, 4.69) is 0 Å². The maximum absolute atomic E-state index is 13.2. The third-order valence-electron chi connectivity index (χ3n) is 3.93. The third-order valence-corrected chi connectivity index (χ3v) is 5.56. The fraction of sp³-hybridized carbons (Fsp3) is 0.500. The van der Waals surface area contributed by atoms with Crippen LogP contribution in [-0.4, -0.2) is 16.3 Å². The number of fused-ring (bicyclic) bond motifs is 2. The summed E-state index contributed by atoms with van der Waals surface area (Å²) in [5, 5.41) is 0.977. The summed E-state index contributed by atoms with van der Waals surface area (Å²) >= 11 is 1.92. The number of hydrogen-bond donors (Lipinski definition) is 0.